The van der Waals surface area contributed by atoms with Crippen LogP contribution in [-0.2, 0) is 31.4 Å². The third-order valence-electron chi connectivity index (χ3n) is 4.74. The Morgan fingerprint density at radius 1 is 1.03 bits per heavy atom. The molecule has 0 aromatic heterocycles. The Labute approximate surface area is 187 Å². The predicted molar refractivity (Wildman–Crippen MR) is 117 cm³/mol. The van der Waals surface area contributed by atoms with E-state index in [1.165, 1.54) is 26.4 Å². The van der Waals surface area contributed by atoms with Crippen molar-refractivity contribution in [1.29, 1.82) is 0 Å². The van der Waals surface area contributed by atoms with Gasteiger partial charge in [-0.2, -0.15) is 0 Å². The van der Waals surface area contributed by atoms with Crippen LogP contribution in [0.2, 0.25) is 0 Å². The number of rotatable bonds is 9. The number of ether oxygens (including phenoxy) is 3. The van der Waals surface area contributed by atoms with E-state index in [1.54, 1.807) is 25.1 Å². The maximum Gasteiger partial charge on any atom is 0.244 e. The first kappa shape index (κ1) is 23.8. The van der Waals surface area contributed by atoms with Gasteiger partial charge in [0.1, 0.15) is 10.6 Å². The molecule has 2 aromatic carbocycles. The lowest BCUT2D eigenvalue weighted by atomic mass is 10.2. The molecule has 174 valence electrons. The molecule has 1 N–H and O–H groups in total. The minimum atomic E-state index is -4.13. The van der Waals surface area contributed by atoms with Gasteiger partial charge in [0.2, 0.25) is 26.0 Å². The zero-order valence-electron chi connectivity index (χ0n) is 17.8. The fraction of sp³-hybridized carbons (Fsp3) is 0.350. The summed E-state index contributed by atoms with van der Waals surface area (Å²) in [7, 11) is -5.01. The summed E-state index contributed by atoms with van der Waals surface area (Å²) >= 11 is 0. The van der Waals surface area contributed by atoms with Crippen LogP contribution in [0.1, 0.15) is 18.9 Å². The topological polar surface area (TPSA) is 128 Å². The molecule has 1 aliphatic heterocycles. The lowest BCUT2D eigenvalue weighted by Crippen LogP contribution is -2.30. The number of hydrogen-bond donors (Lipinski definition) is 1. The third kappa shape index (κ3) is 4.81. The Balaban J connectivity index is 1.94. The molecule has 0 radical (unpaired) electrons. The first-order valence-electron chi connectivity index (χ1n) is 9.66. The van der Waals surface area contributed by atoms with E-state index in [4.69, 9.17) is 14.2 Å². The van der Waals surface area contributed by atoms with Crippen molar-refractivity contribution in [3.05, 3.63) is 42.0 Å². The maximum atomic E-state index is 13.1. The van der Waals surface area contributed by atoms with Gasteiger partial charge in [0.15, 0.2) is 11.5 Å². The second-order valence-corrected chi connectivity index (χ2v) is 10.5. The number of amides is 1. The normalized spacial score (nSPS) is 15.6. The molecular weight excluding hydrogens is 460 g/mol. The quantitative estimate of drug-likeness (QED) is 0.569. The van der Waals surface area contributed by atoms with Gasteiger partial charge in [0.05, 0.1) is 32.3 Å². The highest BCUT2D eigenvalue weighted by Crippen LogP contribution is 2.33. The largest absolute Gasteiger partial charge is 0.493 e. The van der Waals surface area contributed by atoms with Crippen LogP contribution < -0.4 is 23.2 Å². The fourth-order valence-corrected chi connectivity index (χ4v) is 5.85. The number of nitrogens with zero attached hydrogens (tertiary/aromatic N) is 1. The third-order valence-corrected chi connectivity index (χ3v) is 7.86. The number of sulfonamides is 2. The lowest BCUT2D eigenvalue weighted by Gasteiger charge is -2.18. The van der Waals surface area contributed by atoms with Crippen LogP contribution in [0, 0.1) is 0 Å². The van der Waals surface area contributed by atoms with Crippen molar-refractivity contribution in [2.75, 3.05) is 30.9 Å². The molecule has 2 aromatic rings. The lowest BCUT2D eigenvalue weighted by molar-refractivity contribution is -0.116. The molecule has 0 aliphatic carbocycles. The van der Waals surface area contributed by atoms with Crippen LogP contribution in [0.4, 0.5) is 5.69 Å². The van der Waals surface area contributed by atoms with Gasteiger partial charge in [-0.3, -0.25) is 4.79 Å². The number of methoxy groups -OCH3 is 2. The van der Waals surface area contributed by atoms with E-state index < -0.39 is 26.0 Å². The van der Waals surface area contributed by atoms with Gasteiger partial charge < -0.3 is 14.2 Å². The van der Waals surface area contributed by atoms with Crippen LogP contribution >= 0.6 is 0 Å². The van der Waals surface area contributed by atoms with Crippen molar-refractivity contribution in [2.24, 2.45) is 0 Å². The van der Waals surface area contributed by atoms with Crippen molar-refractivity contribution in [3.63, 3.8) is 0 Å². The molecule has 32 heavy (non-hydrogen) atoms. The van der Waals surface area contributed by atoms with E-state index in [-0.39, 0.29) is 41.7 Å². The number of carbonyl (C=O) groups excluding carboxylic acids is 1. The highest BCUT2D eigenvalue weighted by atomic mass is 32.2. The van der Waals surface area contributed by atoms with Gasteiger partial charge in [-0.1, -0.05) is 6.07 Å². The maximum absolute atomic E-state index is 13.1. The first-order chi connectivity index (χ1) is 15.1. The zero-order valence-corrected chi connectivity index (χ0v) is 19.5. The number of anilines is 1. The molecule has 12 heteroatoms. The molecule has 1 amide bonds. The Hall–Kier alpha value is -2.83. The van der Waals surface area contributed by atoms with Crippen LogP contribution in [0.5, 0.6) is 17.2 Å². The average molecular weight is 485 g/mol. The Morgan fingerprint density at radius 3 is 2.31 bits per heavy atom. The smallest absolute Gasteiger partial charge is 0.244 e. The minimum absolute atomic E-state index is 0.0418. The van der Waals surface area contributed by atoms with E-state index in [0.29, 0.717) is 21.4 Å². The van der Waals surface area contributed by atoms with Gasteiger partial charge in [0.25, 0.3) is 0 Å². The van der Waals surface area contributed by atoms with E-state index in [2.05, 4.69) is 4.72 Å². The van der Waals surface area contributed by atoms with Crippen LogP contribution in [0.3, 0.4) is 0 Å². The zero-order chi connectivity index (χ0) is 23.5. The molecule has 0 spiro atoms. The van der Waals surface area contributed by atoms with Crippen LogP contribution in [0.15, 0.2) is 41.3 Å². The summed E-state index contributed by atoms with van der Waals surface area (Å²) in [5, 5.41) is 0. The van der Waals surface area contributed by atoms with Crippen LogP contribution in [0.25, 0.3) is 0 Å². The highest BCUT2D eigenvalue weighted by Gasteiger charge is 2.37. The van der Waals surface area contributed by atoms with Crippen molar-refractivity contribution in [3.8, 4) is 17.2 Å². The molecule has 0 bridgehead atoms. The molecule has 1 fully saturated rings. The SMILES string of the molecule is CCOc1ccc(N2C(=O)CCS2(=O)=O)cc1S(=O)(=O)NCc1ccc(OC)c(OC)c1. The number of nitrogens with one attached hydrogen (secondary N) is 1. The van der Waals surface area contributed by atoms with Crippen molar-refractivity contribution in [2.45, 2.75) is 24.8 Å². The summed E-state index contributed by atoms with van der Waals surface area (Å²) in [6.07, 6.45) is -0.158. The second kappa shape index (κ2) is 9.35. The van der Waals surface area contributed by atoms with Crippen molar-refractivity contribution in [1.82, 2.24) is 4.72 Å². The molecule has 1 aliphatic rings. The summed E-state index contributed by atoms with van der Waals surface area (Å²) in [5.41, 5.74) is 0.556. The Kier molecular flexibility index (Phi) is 6.96. The standard InChI is InChI=1S/C20H24N2O8S2/c1-4-30-17-8-6-15(22-20(23)9-10-31(22,24)25)12-19(17)32(26,27)21-13-14-5-7-16(28-2)18(11-14)29-3/h5-8,11-12,21H,4,9-10,13H2,1-3H3. The number of benzene rings is 2. The fourth-order valence-electron chi connectivity index (χ4n) is 3.22. The second-order valence-electron chi connectivity index (χ2n) is 6.80. The van der Waals surface area contributed by atoms with E-state index in [0.717, 1.165) is 6.07 Å². The van der Waals surface area contributed by atoms with Gasteiger partial charge in [-0.15, -0.1) is 0 Å². The van der Waals surface area contributed by atoms with Crippen LogP contribution in [-0.4, -0.2) is 49.3 Å². The molecule has 1 heterocycles. The van der Waals surface area contributed by atoms with Gasteiger partial charge >= 0.3 is 0 Å². The summed E-state index contributed by atoms with van der Waals surface area (Å²) < 4.78 is 69.6. The summed E-state index contributed by atoms with van der Waals surface area (Å²) in [4.78, 5) is 11.8. The molecule has 0 saturated carbocycles. The average Bonchev–Trinajstić information content (AvgIpc) is 3.04. The highest BCUT2D eigenvalue weighted by molar-refractivity contribution is 7.94. The van der Waals surface area contributed by atoms with E-state index in [1.807, 2.05) is 0 Å². The monoisotopic (exact) mass is 484 g/mol. The molecule has 10 nitrogen and oxygen atoms in total. The first-order valence-corrected chi connectivity index (χ1v) is 12.8. The predicted octanol–water partition coefficient (Wildman–Crippen LogP) is 1.65. The van der Waals surface area contributed by atoms with Gasteiger partial charge in [-0.05, 0) is 42.8 Å². The minimum Gasteiger partial charge on any atom is -0.493 e. The molecule has 0 atom stereocenters. The molecule has 1 saturated heterocycles. The van der Waals surface area contributed by atoms with E-state index in [9.17, 15) is 21.6 Å². The summed E-state index contributed by atoms with van der Waals surface area (Å²) in [6.45, 7) is 1.81. The Bertz CT molecular complexity index is 1230. The Morgan fingerprint density at radius 2 is 1.72 bits per heavy atom. The van der Waals surface area contributed by atoms with Gasteiger partial charge in [0, 0.05) is 13.0 Å². The van der Waals surface area contributed by atoms with E-state index >= 15 is 0 Å². The molecular formula is C20H24N2O8S2. The van der Waals surface area contributed by atoms with Gasteiger partial charge in [-0.25, -0.2) is 25.9 Å². The number of carbonyl (C=O) groups is 1. The number of hydrogen-bond acceptors (Lipinski definition) is 8. The summed E-state index contributed by atoms with van der Waals surface area (Å²) in [6, 6.07) is 8.78. The van der Waals surface area contributed by atoms with Crippen molar-refractivity contribution < 1.29 is 35.8 Å². The summed E-state index contributed by atoms with van der Waals surface area (Å²) in [5.74, 6) is 0.0513. The molecule has 3 rings (SSSR count). The molecule has 0 unspecified atom stereocenters. The van der Waals surface area contributed by atoms with Crippen molar-refractivity contribution >= 4 is 31.6 Å².